The molecule has 1 fully saturated rings. The molecule has 1 saturated heterocycles. The van der Waals surface area contributed by atoms with E-state index in [0.29, 0.717) is 6.54 Å². The van der Waals surface area contributed by atoms with Gasteiger partial charge in [-0.15, -0.1) is 12.4 Å². The number of rotatable bonds is 4. The molecule has 1 aliphatic rings. The maximum absolute atomic E-state index is 13.8. The quantitative estimate of drug-likeness (QED) is 0.630. The molecule has 1 heterocycles. The van der Waals surface area contributed by atoms with E-state index in [-0.39, 0.29) is 18.3 Å². The van der Waals surface area contributed by atoms with Gasteiger partial charge in [-0.3, -0.25) is 10.1 Å². The molecule has 0 saturated carbocycles. The number of hydrogen-bond acceptors (Lipinski definition) is 5. The van der Waals surface area contributed by atoms with E-state index in [0.717, 1.165) is 31.2 Å². The highest BCUT2D eigenvalue weighted by molar-refractivity contribution is 7.89. The van der Waals surface area contributed by atoms with E-state index >= 15 is 0 Å². The Hall–Kier alpha value is -1.29. The molecule has 1 aromatic carbocycles. The number of sulfonamides is 1. The Morgan fingerprint density at radius 3 is 2.73 bits per heavy atom. The Morgan fingerprint density at radius 1 is 1.45 bits per heavy atom. The lowest BCUT2D eigenvalue weighted by Gasteiger charge is -2.29. The van der Waals surface area contributed by atoms with Crippen LogP contribution in [0, 0.1) is 21.8 Å². The zero-order valence-corrected chi connectivity index (χ0v) is 13.4. The third kappa shape index (κ3) is 3.92. The lowest BCUT2D eigenvalue weighted by Crippen LogP contribution is -2.50. The molecule has 1 aliphatic heterocycles. The van der Waals surface area contributed by atoms with Crippen molar-refractivity contribution in [1.82, 2.24) is 10.0 Å². The minimum absolute atomic E-state index is 0. The SMILES string of the molecule is CC1CCNCC1NS(=O)(=O)c1c(F)cccc1[N+](=O)[O-].Cl. The van der Waals surface area contributed by atoms with Gasteiger partial charge in [0.25, 0.3) is 15.7 Å². The molecule has 0 aliphatic carbocycles. The highest BCUT2D eigenvalue weighted by atomic mass is 35.5. The lowest BCUT2D eigenvalue weighted by molar-refractivity contribution is -0.388. The van der Waals surface area contributed by atoms with Crippen LogP contribution in [0.3, 0.4) is 0 Å². The van der Waals surface area contributed by atoms with Gasteiger partial charge in [0, 0.05) is 18.7 Å². The average molecular weight is 354 g/mol. The molecule has 2 atom stereocenters. The number of piperidine rings is 1. The van der Waals surface area contributed by atoms with E-state index in [1.165, 1.54) is 0 Å². The van der Waals surface area contributed by atoms with E-state index in [4.69, 9.17) is 0 Å². The van der Waals surface area contributed by atoms with Crippen LogP contribution in [0.15, 0.2) is 23.1 Å². The average Bonchev–Trinajstić information content (AvgIpc) is 2.40. The molecule has 7 nitrogen and oxygen atoms in total. The zero-order chi connectivity index (χ0) is 15.6. The minimum Gasteiger partial charge on any atom is -0.315 e. The fourth-order valence-electron chi connectivity index (χ4n) is 2.31. The van der Waals surface area contributed by atoms with E-state index < -0.39 is 37.4 Å². The summed E-state index contributed by atoms with van der Waals surface area (Å²) in [5, 5.41) is 13.9. The number of nitro benzene ring substituents is 1. The van der Waals surface area contributed by atoms with Crippen LogP contribution in [0.2, 0.25) is 0 Å². The van der Waals surface area contributed by atoms with Gasteiger partial charge in [-0.2, -0.15) is 0 Å². The molecule has 2 rings (SSSR count). The van der Waals surface area contributed by atoms with Crippen LogP contribution < -0.4 is 10.0 Å². The lowest BCUT2D eigenvalue weighted by atomic mass is 9.96. The standard InChI is InChI=1S/C12H16FN3O4S.ClH/c1-8-5-6-14-7-10(8)15-21(19,20)12-9(13)3-2-4-11(12)16(17)18;/h2-4,8,10,14-15H,5-7H2,1H3;1H. The van der Waals surface area contributed by atoms with Crippen LogP contribution >= 0.6 is 12.4 Å². The van der Waals surface area contributed by atoms with Crippen molar-refractivity contribution in [3.63, 3.8) is 0 Å². The Kier molecular flexibility index (Phi) is 6.24. The summed E-state index contributed by atoms with van der Waals surface area (Å²) in [5.41, 5.74) is -0.765. The third-order valence-electron chi connectivity index (χ3n) is 3.55. The van der Waals surface area contributed by atoms with E-state index in [9.17, 15) is 22.9 Å². The van der Waals surface area contributed by atoms with Gasteiger partial charge >= 0.3 is 0 Å². The van der Waals surface area contributed by atoms with Gasteiger partial charge in [0.1, 0.15) is 5.82 Å². The van der Waals surface area contributed by atoms with Crippen molar-refractivity contribution >= 4 is 28.1 Å². The summed E-state index contributed by atoms with van der Waals surface area (Å²) >= 11 is 0. The largest absolute Gasteiger partial charge is 0.315 e. The first-order valence-electron chi connectivity index (χ1n) is 6.49. The van der Waals surface area contributed by atoms with Crippen molar-refractivity contribution in [2.24, 2.45) is 5.92 Å². The fraction of sp³-hybridized carbons (Fsp3) is 0.500. The highest BCUT2D eigenvalue weighted by Crippen LogP contribution is 2.27. The molecule has 124 valence electrons. The molecular formula is C12H17ClFN3O4S. The first-order chi connectivity index (χ1) is 9.83. The molecule has 10 heteroatoms. The maximum atomic E-state index is 13.8. The zero-order valence-electron chi connectivity index (χ0n) is 11.8. The van der Waals surface area contributed by atoms with Gasteiger partial charge in [-0.25, -0.2) is 17.5 Å². The molecule has 0 amide bonds. The summed E-state index contributed by atoms with van der Waals surface area (Å²) in [6.45, 7) is 3.06. The summed E-state index contributed by atoms with van der Waals surface area (Å²) in [6.07, 6.45) is 0.770. The first kappa shape index (κ1) is 18.8. The van der Waals surface area contributed by atoms with Gasteiger partial charge in [-0.05, 0) is 24.9 Å². The number of halogens is 2. The number of nitro groups is 1. The van der Waals surface area contributed by atoms with Crippen molar-refractivity contribution in [2.45, 2.75) is 24.3 Å². The summed E-state index contributed by atoms with van der Waals surface area (Å²) < 4.78 is 40.8. The van der Waals surface area contributed by atoms with Crippen molar-refractivity contribution in [3.05, 3.63) is 34.1 Å². The normalized spacial score (nSPS) is 21.9. The van der Waals surface area contributed by atoms with Crippen molar-refractivity contribution in [3.8, 4) is 0 Å². The first-order valence-corrected chi connectivity index (χ1v) is 7.97. The van der Waals surface area contributed by atoms with E-state index in [1.54, 1.807) is 0 Å². The Labute approximate surface area is 133 Å². The molecule has 2 N–H and O–H groups in total. The van der Waals surface area contributed by atoms with Crippen LogP contribution in [0.1, 0.15) is 13.3 Å². The molecule has 0 bridgehead atoms. The van der Waals surface area contributed by atoms with E-state index in [1.807, 2.05) is 6.92 Å². The molecule has 0 radical (unpaired) electrons. The summed E-state index contributed by atoms with van der Waals surface area (Å²) in [7, 11) is -4.31. The van der Waals surface area contributed by atoms with Gasteiger partial charge in [0.2, 0.25) is 0 Å². The van der Waals surface area contributed by atoms with Crippen LogP contribution in [0.25, 0.3) is 0 Å². The minimum atomic E-state index is -4.31. The Bertz CT molecular complexity index is 656. The van der Waals surface area contributed by atoms with E-state index in [2.05, 4.69) is 10.0 Å². The molecule has 22 heavy (non-hydrogen) atoms. The van der Waals surface area contributed by atoms with Gasteiger partial charge in [-0.1, -0.05) is 13.0 Å². The third-order valence-corrected chi connectivity index (χ3v) is 5.10. The smallest absolute Gasteiger partial charge is 0.292 e. The second-order valence-electron chi connectivity index (χ2n) is 5.04. The van der Waals surface area contributed by atoms with Gasteiger partial charge < -0.3 is 5.32 Å². The van der Waals surface area contributed by atoms with Crippen molar-refractivity contribution in [2.75, 3.05) is 13.1 Å². The topological polar surface area (TPSA) is 101 Å². The molecule has 2 unspecified atom stereocenters. The molecular weight excluding hydrogens is 337 g/mol. The van der Waals surface area contributed by atoms with Crippen LogP contribution in [0.5, 0.6) is 0 Å². The molecule has 0 spiro atoms. The monoisotopic (exact) mass is 353 g/mol. The molecule has 1 aromatic rings. The number of benzene rings is 1. The highest BCUT2D eigenvalue weighted by Gasteiger charge is 2.33. The predicted octanol–water partition coefficient (Wildman–Crippen LogP) is 1.43. The van der Waals surface area contributed by atoms with Crippen molar-refractivity contribution < 1.29 is 17.7 Å². The Morgan fingerprint density at radius 2 is 2.14 bits per heavy atom. The number of hydrogen-bond donors (Lipinski definition) is 2. The molecule has 0 aromatic heterocycles. The van der Waals surface area contributed by atoms with Gasteiger partial charge in [0.15, 0.2) is 4.90 Å². The van der Waals surface area contributed by atoms with Crippen LogP contribution in [-0.2, 0) is 10.0 Å². The second-order valence-corrected chi connectivity index (χ2v) is 6.69. The van der Waals surface area contributed by atoms with Crippen LogP contribution in [-0.4, -0.2) is 32.5 Å². The fourth-order valence-corrected chi connectivity index (χ4v) is 3.89. The maximum Gasteiger partial charge on any atom is 0.292 e. The number of nitrogens with one attached hydrogen (secondary N) is 2. The summed E-state index contributed by atoms with van der Waals surface area (Å²) in [4.78, 5) is 9.10. The number of nitrogens with zero attached hydrogens (tertiary/aromatic N) is 1. The Balaban J connectivity index is 0.00000242. The van der Waals surface area contributed by atoms with Crippen molar-refractivity contribution in [1.29, 1.82) is 0 Å². The van der Waals surface area contributed by atoms with Gasteiger partial charge in [0.05, 0.1) is 4.92 Å². The second kappa shape index (κ2) is 7.32. The summed E-state index contributed by atoms with van der Waals surface area (Å²) in [6, 6.07) is 2.55. The summed E-state index contributed by atoms with van der Waals surface area (Å²) in [5.74, 6) is -1.07. The predicted molar refractivity (Wildman–Crippen MR) is 81.1 cm³/mol. The van der Waals surface area contributed by atoms with Crippen LogP contribution in [0.4, 0.5) is 10.1 Å².